The molecular formula is C22H19Cl2N5O3. The second kappa shape index (κ2) is 8.64. The Morgan fingerprint density at radius 1 is 1.19 bits per heavy atom. The summed E-state index contributed by atoms with van der Waals surface area (Å²) >= 11 is 12.2. The standard InChI is InChI=1S/C22H19Cl2N5O3/c1-12-19-13(10-16(17-8-5-9-32-17)25-21(19)29(3)27-12)22(31)28(2)11-18(30)26-20-14(23)6-4-7-15(20)24/h4-10H,11H2,1-3H3,(H,26,30). The van der Waals surface area contributed by atoms with Crippen LogP contribution in [-0.4, -0.2) is 45.1 Å². The number of benzene rings is 1. The average molecular weight is 472 g/mol. The van der Waals surface area contributed by atoms with Crippen molar-refractivity contribution in [3.63, 3.8) is 0 Å². The summed E-state index contributed by atoms with van der Waals surface area (Å²) in [5, 5.41) is 8.30. The maximum atomic E-state index is 13.4. The van der Waals surface area contributed by atoms with Crippen molar-refractivity contribution in [3.05, 3.63) is 64.0 Å². The number of halogens is 2. The predicted molar refractivity (Wildman–Crippen MR) is 123 cm³/mol. The maximum absolute atomic E-state index is 13.4. The maximum Gasteiger partial charge on any atom is 0.254 e. The molecule has 0 saturated carbocycles. The molecule has 8 nitrogen and oxygen atoms in total. The number of carbonyl (C=O) groups is 2. The van der Waals surface area contributed by atoms with E-state index in [0.717, 1.165) is 0 Å². The summed E-state index contributed by atoms with van der Waals surface area (Å²) < 4.78 is 7.07. The van der Waals surface area contributed by atoms with Gasteiger partial charge in [0.1, 0.15) is 5.69 Å². The van der Waals surface area contributed by atoms with E-state index in [1.54, 1.807) is 62.1 Å². The highest BCUT2D eigenvalue weighted by atomic mass is 35.5. The van der Waals surface area contributed by atoms with E-state index in [1.807, 2.05) is 0 Å². The number of hydrogen-bond donors (Lipinski definition) is 1. The highest BCUT2D eigenvalue weighted by molar-refractivity contribution is 6.39. The van der Waals surface area contributed by atoms with Gasteiger partial charge >= 0.3 is 0 Å². The predicted octanol–water partition coefficient (Wildman–Crippen LogP) is 4.55. The summed E-state index contributed by atoms with van der Waals surface area (Å²) in [5.41, 5.74) is 2.37. The summed E-state index contributed by atoms with van der Waals surface area (Å²) in [6.07, 6.45) is 1.54. The first-order valence-electron chi connectivity index (χ1n) is 9.63. The number of nitrogens with zero attached hydrogens (tertiary/aromatic N) is 4. The molecule has 0 spiro atoms. The summed E-state index contributed by atoms with van der Waals surface area (Å²) in [4.78, 5) is 31.9. The quantitative estimate of drug-likeness (QED) is 0.460. The van der Waals surface area contributed by atoms with Gasteiger partial charge in [-0.15, -0.1) is 0 Å². The highest BCUT2D eigenvalue weighted by Gasteiger charge is 2.23. The van der Waals surface area contributed by atoms with E-state index in [4.69, 9.17) is 27.6 Å². The number of hydrogen-bond acceptors (Lipinski definition) is 5. The first kappa shape index (κ1) is 21.9. The third-order valence-electron chi connectivity index (χ3n) is 4.93. The van der Waals surface area contributed by atoms with Gasteiger partial charge in [-0.3, -0.25) is 14.3 Å². The molecule has 0 aliphatic carbocycles. The number of nitrogens with one attached hydrogen (secondary N) is 1. The molecule has 0 aliphatic rings. The molecule has 4 aromatic rings. The number of aryl methyl sites for hydroxylation is 2. The number of carbonyl (C=O) groups excluding carboxylic acids is 2. The van der Waals surface area contributed by atoms with Gasteiger partial charge in [0, 0.05) is 14.1 Å². The molecule has 2 amide bonds. The van der Waals surface area contributed by atoms with Gasteiger partial charge in [0.05, 0.1) is 45.2 Å². The van der Waals surface area contributed by atoms with E-state index in [-0.39, 0.29) is 12.5 Å². The normalized spacial score (nSPS) is 11.0. The Balaban J connectivity index is 1.65. The van der Waals surface area contributed by atoms with Crippen LogP contribution in [0.4, 0.5) is 5.69 Å². The molecule has 0 unspecified atom stereocenters. The minimum absolute atomic E-state index is 0.209. The fraction of sp³-hybridized carbons (Fsp3) is 0.182. The average Bonchev–Trinajstić information content (AvgIpc) is 3.38. The van der Waals surface area contributed by atoms with Crippen LogP contribution in [0.2, 0.25) is 10.0 Å². The summed E-state index contributed by atoms with van der Waals surface area (Å²) in [7, 11) is 3.30. The Kier molecular flexibility index (Phi) is 5.90. The van der Waals surface area contributed by atoms with Gasteiger partial charge in [-0.2, -0.15) is 5.10 Å². The lowest BCUT2D eigenvalue weighted by atomic mass is 10.1. The third-order valence-corrected chi connectivity index (χ3v) is 5.56. The highest BCUT2D eigenvalue weighted by Crippen LogP contribution is 2.30. The van der Waals surface area contributed by atoms with E-state index < -0.39 is 5.91 Å². The second-order valence-electron chi connectivity index (χ2n) is 7.25. The van der Waals surface area contributed by atoms with Gasteiger partial charge in [0.25, 0.3) is 5.91 Å². The number of anilines is 1. The van der Waals surface area contributed by atoms with Crippen molar-refractivity contribution in [1.82, 2.24) is 19.7 Å². The van der Waals surface area contributed by atoms with Gasteiger partial charge in [0.2, 0.25) is 5.91 Å². The number of furan rings is 1. The first-order valence-corrected chi connectivity index (χ1v) is 10.4. The molecule has 0 bridgehead atoms. The van der Waals surface area contributed by atoms with E-state index in [2.05, 4.69) is 15.4 Å². The lowest BCUT2D eigenvalue weighted by Gasteiger charge is -2.18. The van der Waals surface area contributed by atoms with Crippen LogP contribution in [0.1, 0.15) is 16.1 Å². The van der Waals surface area contributed by atoms with Crippen LogP contribution >= 0.6 is 23.2 Å². The molecule has 0 saturated heterocycles. The van der Waals surface area contributed by atoms with Crippen LogP contribution in [0, 0.1) is 6.92 Å². The Bertz CT molecular complexity index is 1310. The molecule has 32 heavy (non-hydrogen) atoms. The molecule has 10 heteroatoms. The van der Waals surface area contributed by atoms with E-state index in [9.17, 15) is 9.59 Å². The van der Waals surface area contributed by atoms with Gasteiger partial charge in [0.15, 0.2) is 11.4 Å². The van der Waals surface area contributed by atoms with E-state index in [0.29, 0.717) is 49.5 Å². The summed E-state index contributed by atoms with van der Waals surface area (Å²) in [6.45, 7) is 1.60. The minimum atomic E-state index is -0.435. The van der Waals surface area contributed by atoms with Crippen LogP contribution in [0.15, 0.2) is 47.1 Å². The minimum Gasteiger partial charge on any atom is -0.463 e. The van der Waals surface area contributed by atoms with Gasteiger partial charge < -0.3 is 14.6 Å². The molecule has 4 rings (SSSR count). The Labute approximate surface area is 193 Å². The van der Waals surface area contributed by atoms with Gasteiger partial charge in [-0.05, 0) is 37.3 Å². The molecule has 1 aromatic carbocycles. The summed E-state index contributed by atoms with van der Waals surface area (Å²) in [5.74, 6) is -0.273. The Hall–Kier alpha value is -3.36. The molecule has 0 atom stereocenters. The van der Waals surface area contributed by atoms with Crippen molar-refractivity contribution in [1.29, 1.82) is 0 Å². The Morgan fingerprint density at radius 3 is 2.56 bits per heavy atom. The molecule has 164 valence electrons. The van der Waals surface area contributed by atoms with Crippen molar-refractivity contribution >= 4 is 51.7 Å². The van der Waals surface area contributed by atoms with Crippen molar-refractivity contribution in [2.75, 3.05) is 18.9 Å². The van der Waals surface area contributed by atoms with Crippen molar-refractivity contribution < 1.29 is 14.0 Å². The first-order chi connectivity index (χ1) is 15.3. The molecule has 3 heterocycles. The lowest BCUT2D eigenvalue weighted by Crippen LogP contribution is -2.35. The lowest BCUT2D eigenvalue weighted by molar-refractivity contribution is -0.116. The molecule has 1 N–H and O–H groups in total. The van der Waals surface area contributed by atoms with Gasteiger partial charge in [-0.25, -0.2) is 4.98 Å². The van der Waals surface area contributed by atoms with Crippen LogP contribution in [-0.2, 0) is 11.8 Å². The zero-order valence-corrected chi connectivity index (χ0v) is 19.0. The number of rotatable bonds is 5. The number of para-hydroxylation sites is 1. The number of aromatic nitrogens is 3. The van der Waals surface area contributed by atoms with Crippen molar-refractivity contribution in [3.8, 4) is 11.5 Å². The molecule has 0 aliphatic heterocycles. The molecule has 3 aromatic heterocycles. The fourth-order valence-electron chi connectivity index (χ4n) is 3.45. The largest absolute Gasteiger partial charge is 0.463 e. The zero-order chi connectivity index (χ0) is 23.0. The molecule has 0 fully saturated rings. The zero-order valence-electron chi connectivity index (χ0n) is 17.5. The third kappa shape index (κ3) is 4.06. The van der Waals surface area contributed by atoms with Crippen LogP contribution in [0.3, 0.4) is 0 Å². The fourth-order valence-corrected chi connectivity index (χ4v) is 3.94. The monoisotopic (exact) mass is 471 g/mol. The summed E-state index contributed by atoms with van der Waals surface area (Å²) in [6, 6.07) is 10.1. The smallest absolute Gasteiger partial charge is 0.254 e. The number of amides is 2. The van der Waals surface area contributed by atoms with E-state index in [1.165, 1.54) is 11.2 Å². The second-order valence-corrected chi connectivity index (χ2v) is 8.06. The number of fused-ring (bicyclic) bond motifs is 1. The van der Waals surface area contributed by atoms with Gasteiger partial charge in [-0.1, -0.05) is 29.3 Å². The molecule has 0 radical (unpaired) electrons. The number of likely N-dealkylation sites (N-methyl/N-ethyl adjacent to an activating group) is 1. The topological polar surface area (TPSA) is 93.3 Å². The van der Waals surface area contributed by atoms with Crippen molar-refractivity contribution in [2.45, 2.75) is 6.92 Å². The van der Waals surface area contributed by atoms with E-state index >= 15 is 0 Å². The SMILES string of the molecule is Cc1nn(C)c2nc(-c3ccco3)cc(C(=O)N(C)CC(=O)Nc3c(Cl)cccc3Cl)c12. The van der Waals surface area contributed by atoms with Crippen LogP contribution in [0.25, 0.3) is 22.5 Å². The van der Waals surface area contributed by atoms with Crippen LogP contribution < -0.4 is 5.32 Å². The number of pyridine rings is 1. The molecular weight excluding hydrogens is 453 g/mol. The van der Waals surface area contributed by atoms with Crippen LogP contribution in [0.5, 0.6) is 0 Å². The van der Waals surface area contributed by atoms with Crippen molar-refractivity contribution in [2.24, 2.45) is 7.05 Å². The Morgan fingerprint density at radius 2 is 1.91 bits per heavy atom.